The molecule has 1 amide bonds. The summed E-state index contributed by atoms with van der Waals surface area (Å²) < 4.78 is 4.60. The van der Waals surface area contributed by atoms with Crippen molar-refractivity contribution in [2.45, 2.75) is 13.0 Å². The van der Waals surface area contributed by atoms with Crippen LogP contribution in [0.25, 0.3) is 0 Å². The molecule has 2 rings (SSSR count). The molecule has 0 bridgehead atoms. The van der Waals surface area contributed by atoms with Gasteiger partial charge in [0, 0.05) is 0 Å². The molecule has 0 unspecified atom stereocenters. The number of ether oxygens (including phenoxy) is 1. The highest BCUT2D eigenvalue weighted by Gasteiger charge is 2.22. The maximum Gasteiger partial charge on any atom is 0.337 e. The van der Waals surface area contributed by atoms with E-state index in [-0.39, 0.29) is 11.9 Å². The fraction of sp³-hybridized carbons (Fsp3) is 0.273. The van der Waals surface area contributed by atoms with Crippen LogP contribution in [0.5, 0.6) is 0 Å². The van der Waals surface area contributed by atoms with Crippen molar-refractivity contribution in [2.24, 2.45) is 0 Å². The first kappa shape index (κ1) is 10.5. The molecule has 0 saturated carbocycles. The van der Waals surface area contributed by atoms with Crippen molar-refractivity contribution in [3.8, 4) is 0 Å². The predicted molar refractivity (Wildman–Crippen MR) is 59.5 cm³/mol. The van der Waals surface area contributed by atoms with Crippen LogP contribution in [0, 0.1) is 0 Å². The van der Waals surface area contributed by atoms with E-state index >= 15 is 0 Å². The largest absolute Gasteiger partial charge is 0.465 e. The molecule has 16 heavy (non-hydrogen) atoms. The zero-order valence-electron chi connectivity index (χ0n) is 9.03. The molecule has 0 aliphatic carbocycles. The van der Waals surface area contributed by atoms with Gasteiger partial charge >= 0.3 is 5.97 Å². The number of carbonyl (C=O) groups excluding carboxylic acids is 2. The van der Waals surface area contributed by atoms with Crippen LogP contribution in [-0.2, 0) is 9.53 Å². The van der Waals surface area contributed by atoms with Crippen LogP contribution < -0.4 is 10.6 Å². The van der Waals surface area contributed by atoms with Crippen LogP contribution >= 0.6 is 0 Å². The Morgan fingerprint density at radius 3 is 2.81 bits per heavy atom. The molecule has 5 heteroatoms. The molecule has 0 aromatic heterocycles. The van der Waals surface area contributed by atoms with Gasteiger partial charge in [-0.25, -0.2) is 4.79 Å². The van der Waals surface area contributed by atoms with Crippen LogP contribution in [0.4, 0.5) is 11.4 Å². The van der Waals surface area contributed by atoms with E-state index in [4.69, 9.17) is 0 Å². The number of anilines is 2. The summed E-state index contributed by atoms with van der Waals surface area (Å²) in [5.74, 6) is -0.537. The van der Waals surface area contributed by atoms with Gasteiger partial charge in [-0.05, 0) is 25.1 Å². The van der Waals surface area contributed by atoms with Crippen molar-refractivity contribution in [3.63, 3.8) is 0 Å². The minimum absolute atomic E-state index is 0.116. The molecule has 5 nitrogen and oxygen atoms in total. The Balaban J connectivity index is 2.36. The number of methoxy groups -OCH3 is 1. The van der Waals surface area contributed by atoms with E-state index < -0.39 is 5.97 Å². The second-order valence-electron chi connectivity index (χ2n) is 3.61. The molecule has 1 atom stereocenters. The number of amides is 1. The molecular formula is C11H12N2O3. The zero-order valence-corrected chi connectivity index (χ0v) is 9.03. The number of hydrogen-bond acceptors (Lipinski definition) is 4. The lowest BCUT2D eigenvalue weighted by Gasteiger charge is -2.24. The Kier molecular flexibility index (Phi) is 2.52. The van der Waals surface area contributed by atoms with E-state index in [1.165, 1.54) is 7.11 Å². The van der Waals surface area contributed by atoms with Gasteiger partial charge in [0.2, 0.25) is 5.91 Å². The minimum Gasteiger partial charge on any atom is -0.465 e. The second kappa shape index (κ2) is 3.84. The van der Waals surface area contributed by atoms with Gasteiger partial charge in [0.25, 0.3) is 0 Å². The van der Waals surface area contributed by atoms with Gasteiger partial charge in [0.1, 0.15) is 6.04 Å². The third-order valence-electron chi connectivity index (χ3n) is 2.46. The van der Waals surface area contributed by atoms with Crippen LogP contribution in [0.3, 0.4) is 0 Å². The van der Waals surface area contributed by atoms with Gasteiger partial charge in [-0.3, -0.25) is 4.79 Å². The quantitative estimate of drug-likeness (QED) is 0.698. The molecule has 1 heterocycles. The normalized spacial score (nSPS) is 18.1. The van der Waals surface area contributed by atoms with Crippen molar-refractivity contribution in [3.05, 3.63) is 23.8 Å². The van der Waals surface area contributed by atoms with Gasteiger partial charge in [-0.2, -0.15) is 0 Å². The molecule has 1 aliphatic heterocycles. The van der Waals surface area contributed by atoms with Crippen LogP contribution in [0.1, 0.15) is 17.3 Å². The van der Waals surface area contributed by atoms with Crippen molar-refractivity contribution in [1.29, 1.82) is 0 Å². The van der Waals surface area contributed by atoms with Gasteiger partial charge in [-0.1, -0.05) is 0 Å². The highest BCUT2D eigenvalue weighted by atomic mass is 16.5. The number of fused-ring (bicyclic) bond motifs is 1. The van der Waals surface area contributed by atoms with Crippen molar-refractivity contribution in [1.82, 2.24) is 0 Å². The maximum absolute atomic E-state index is 11.4. The highest BCUT2D eigenvalue weighted by Crippen LogP contribution is 2.27. The average molecular weight is 220 g/mol. The first-order valence-electron chi connectivity index (χ1n) is 4.91. The van der Waals surface area contributed by atoms with Crippen molar-refractivity contribution < 1.29 is 14.3 Å². The fourth-order valence-electron chi connectivity index (χ4n) is 1.56. The Hall–Kier alpha value is -2.04. The Morgan fingerprint density at radius 1 is 1.38 bits per heavy atom. The minimum atomic E-state index is -0.421. The fourth-order valence-corrected chi connectivity index (χ4v) is 1.56. The van der Waals surface area contributed by atoms with E-state index in [0.29, 0.717) is 11.3 Å². The van der Waals surface area contributed by atoms with E-state index in [1.807, 2.05) is 0 Å². The smallest absolute Gasteiger partial charge is 0.337 e. The number of nitrogens with one attached hydrogen (secondary N) is 2. The summed E-state index contributed by atoms with van der Waals surface area (Å²) in [5.41, 5.74) is 1.82. The van der Waals surface area contributed by atoms with E-state index in [2.05, 4.69) is 15.4 Å². The van der Waals surface area contributed by atoms with E-state index in [1.54, 1.807) is 25.1 Å². The number of hydrogen-bond donors (Lipinski definition) is 2. The molecule has 84 valence electrons. The summed E-state index contributed by atoms with van der Waals surface area (Å²) in [6.45, 7) is 1.77. The van der Waals surface area contributed by atoms with Gasteiger partial charge in [0.15, 0.2) is 0 Å². The number of rotatable bonds is 1. The van der Waals surface area contributed by atoms with Crippen LogP contribution in [0.2, 0.25) is 0 Å². The van der Waals surface area contributed by atoms with Crippen LogP contribution in [-0.4, -0.2) is 25.0 Å². The van der Waals surface area contributed by atoms with Gasteiger partial charge in [-0.15, -0.1) is 0 Å². The second-order valence-corrected chi connectivity index (χ2v) is 3.61. The summed E-state index contributed by atoms with van der Waals surface area (Å²) in [7, 11) is 1.32. The predicted octanol–water partition coefficient (Wildman–Crippen LogP) is 1.23. The third kappa shape index (κ3) is 1.71. The topological polar surface area (TPSA) is 67.4 Å². The zero-order chi connectivity index (χ0) is 11.7. The lowest BCUT2D eigenvalue weighted by Crippen LogP contribution is -2.36. The molecule has 0 radical (unpaired) electrons. The lowest BCUT2D eigenvalue weighted by atomic mass is 10.1. The number of esters is 1. The van der Waals surface area contributed by atoms with Crippen LogP contribution in [0.15, 0.2) is 18.2 Å². The summed E-state index contributed by atoms with van der Waals surface area (Å²) >= 11 is 0. The molecule has 1 aliphatic rings. The first-order chi connectivity index (χ1) is 7.61. The lowest BCUT2D eigenvalue weighted by molar-refractivity contribution is -0.116. The monoisotopic (exact) mass is 220 g/mol. The summed E-state index contributed by atoms with van der Waals surface area (Å²) in [6, 6.07) is 4.73. The third-order valence-corrected chi connectivity index (χ3v) is 2.46. The summed E-state index contributed by atoms with van der Waals surface area (Å²) in [4.78, 5) is 22.7. The summed E-state index contributed by atoms with van der Waals surface area (Å²) in [5, 5.41) is 5.75. The number of carbonyl (C=O) groups is 2. The standard InChI is InChI=1S/C11H12N2O3/c1-6-10(14)13-9-5-7(11(15)16-2)3-4-8(9)12-6/h3-6,12H,1-2H3,(H,13,14)/t6-/m0/s1. The highest BCUT2D eigenvalue weighted by molar-refractivity contribution is 6.04. The molecule has 1 aromatic carbocycles. The molecule has 2 N–H and O–H groups in total. The average Bonchev–Trinajstić information content (AvgIpc) is 2.29. The maximum atomic E-state index is 11.4. The number of benzene rings is 1. The van der Waals surface area contributed by atoms with E-state index in [0.717, 1.165) is 5.69 Å². The Morgan fingerprint density at radius 2 is 2.12 bits per heavy atom. The molecule has 0 spiro atoms. The van der Waals surface area contributed by atoms with E-state index in [9.17, 15) is 9.59 Å². The molecule has 0 saturated heterocycles. The molecule has 0 fully saturated rings. The Labute approximate surface area is 92.8 Å². The molecule has 1 aromatic rings. The first-order valence-corrected chi connectivity index (χ1v) is 4.91. The van der Waals surface area contributed by atoms with Gasteiger partial charge in [0.05, 0.1) is 24.0 Å². The van der Waals surface area contributed by atoms with Gasteiger partial charge < -0.3 is 15.4 Å². The SMILES string of the molecule is COC(=O)c1ccc2c(c1)NC(=O)[C@H](C)N2. The summed E-state index contributed by atoms with van der Waals surface area (Å²) in [6.07, 6.45) is 0. The molecular weight excluding hydrogens is 208 g/mol. The van der Waals surface area contributed by atoms with Crippen molar-refractivity contribution >= 4 is 23.3 Å². The van der Waals surface area contributed by atoms with Crippen molar-refractivity contribution in [2.75, 3.05) is 17.7 Å². The Bertz CT molecular complexity index is 457.